The largest absolute Gasteiger partial charge is 0.352 e. The molecule has 2 amide bonds. The lowest BCUT2D eigenvalue weighted by atomic mass is 10.1. The second kappa shape index (κ2) is 10.2. The van der Waals surface area contributed by atoms with E-state index < -0.39 is 0 Å². The number of hydrogen-bond acceptors (Lipinski definition) is 3. The molecule has 154 valence electrons. The number of carbonyl (C=O) groups is 2. The number of rotatable bonds is 8. The zero-order valence-corrected chi connectivity index (χ0v) is 16.2. The number of amides is 2. The van der Waals surface area contributed by atoms with Crippen molar-refractivity contribution in [2.75, 3.05) is 13.1 Å². The van der Waals surface area contributed by atoms with E-state index in [4.69, 9.17) is 0 Å². The van der Waals surface area contributed by atoms with Crippen LogP contribution in [0.5, 0.6) is 0 Å². The second-order valence-electron chi connectivity index (χ2n) is 6.70. The van der Waals surface area contributed by atoms with Gasteiger partial charge in [-0.05, 0) is 60.4 Å². The van der Waals surface area contributed by atoms with Crippen molar-refractivity contribution in [2.24, 2.45) is 0 Å². The van der Waals surface area contributed by atoms with E-state index in [1.165, 1.54) is 42.6 Å². The van der Waals surface area contributed by atoms with E-state index in [2.05, 4.69) is 15.6 Å². The zero-order chi connectivity index (χ0) is 21.3. The first-order valence-corrected chi connectivity index (χ1v) is 9.52. The van der Waals surface area contributed by atoms with E-state index in [9.17, 15) is 18.4 Å². The molecule has 7 heteroatoms. The molecule has 3 rings (SSSR count). The predicted molar refractivity (Wildman–Crippen MR) is 109 cm³/mol. The zero-order valence-electron chi connectivity index (χ0n) is 16.2. The Morgan fingerprint density at radius 2 is 1.20 bits per heavy atom. The quantitative estimate of drug-likeness (QED) is 0.600. The lowest BCUT2D eigenvalue weighted by Crippen LogP contribution is -2.28. The summed E-state index contributed by atoms with van der Waals surface area (Å²) in [6.45, 7) is 0.786. The van der Waals surface area contributed by atoms with Crippen LogP contribution in [0.4, 0.5) is 8.78 Å². The van der Waals surface area contributed by atoms with Crippen molar-refractivity contribution in [3.8, 4) is 0 Å². The fraction of sp³-hybridized carbons (Fsp3) is 0.174. The third-order valence-electron chi connectivity index (χ3n) is 4.48. The first-order chi connectivity index (χ1) is 14.5. The minimum atomic E-state index is -0.347. The molecule has 0 saturated heterocycles. The normalized spacial score (nSPS) is 10.5. The molecule has 0 atom stereocenters. The van der Waals surface area contributed by atoms with E-state index in [0.29, 0.717) is 31.5 Å². The third-order valence-corrected chi connectivity index (χ3v) is 4.48. The molecule has 0 fully saturated rings. The van der Waals surface area contributed by atoms with E-state index >= 15 is 0 Å². The summed E-state index contributed by atoms with van der Waals surface area (Å²) >= 11 is 0. The van der Waals surface area contributed by atoms with Crippen LogP contribution in [-0.2, 0) is 12.8 Å². The summed E-state index contributed by atoms with van der Waals surface area (Å²) in [6.07, 6.45) is 2.50. The maximum atomic E-state index is 12.9. The number of nitrogens with zero attached hydrogens (tertiary/aromatic N) is 1. The summed E-state index contributed by atoms with van der Waals surface area (Å²) in [5, 5.41) is 5.51. The van der Waals surface area contributed by atoms with Gasteiger partial charge in [-0.25, -0.2) is 8.78 Å². The van der Waals surface area contributed by atoms with E-state index in [0.717, 1.165) is 11.1 Å². The van der Waals surface area contributed by atoms with E-state index in [1.807, 2.05) is 0 Å². The highest BCUT2D eigenvalue weighted by Crippen LogP contribution is 2.05. The second-order valence-corrected chi connectivity index (χ2v) is 6.70. The third kappa shape index (κ3) is 6.20. The van der Waals surface area contributed by atoms with Crippen LogP contribution in [0.1, 0.15) is 32.0 Å². The standard InChI is InChI=1S/C23H21F2N3O2/c24-19-6-1-16(2-7-19)11-13-26-22(29)18-5-10-21(28-15-18)23(30)27-14-12-17-3-8-20(25)9-4-17/h1-10,15H,11-14H2,(H,26,29)(H,27,30). The summed E-state index contributed by atoms with van der Waals surface area (Å²) in [5.41, 5.74) is 2.38. The predicted octanol–water partition coefficient (Wildman–Crippen LogP) is 3.30. The Balaban J connectivity index is 1.43. The highest BCUT2D eigenvalue weighted by Gasteiger charge is 2.10. The molecule has 0 aliphatic heterocycles. The molecule has 2 N–H and O–H groups in total. The van der Waals surface area contributed by atoms with Crippen molar-refractivity contribution in [3.63, 3.8) is 0 Å². The summed E-state index contributed by atoms with van der Waals surface area (Å²) < 4.78 is 25.8. The van der Waals surface area contributed by atoms with Crippen LogP contribution in [0.15, 0.2) is 66.9 Å². The topological polar surface area (TPSA) is 71.1 Å². The number of nitrogens with one attached hydrogen (secondary N) is 2. The molecular formula is C23H21F2N3O2. The highest BCUT2D eigenvalue weighted by molar-refractivity contribution is 5.96. The van der Waals surface area contributed by atoms with Gasteiger partial charge in [0.05, 0.1) is 5.56 Å². The van der Waals surface area contributed by atoms with E-state index in [-0.39, 0.29) is 29.1 Å². The van der Waals surface area contributed by atoms with Gasteiger partial charge in [0.2, 0.25) is 0 Å². The molecule has 0 spiro atoms. The number of halogens is 2. The Kier molecular flexibility index (Phi) is 7.21. The first-order valence-electron chi connectivity index (χ1n) is 9.52. The highest BCUT2D eigenvalue weighted by atomic mass is 19.1. The minimum absolute atomic E-state index is 0.206. The molecule has 0 radical (unpaired) electrons. The van der Waals surface area contributed by atoms with Gasteiger partial charge in [-0.2, -0.15) is 0 Å². The maximum absolute atomic E-state index is 12.9. The molecule has 0 saturated carbocycles. The lowest BCUT2D eigenvalue weighted by Gasteiger charge is -2.07. The minimum Gasteiger partial charge on any atom is -0.352 e. The summed E-state index contributed by atoms with van der Waals surface area (Å²) in [6, 6.07) is 15.2. The van der Waals surface area contributed by atoms with Gasteiger partial charge in [0.25, 0.3) is 11.8 Å². The van der Waals surface area contributed by atoms with Gasteiger partial charge in [-0.15, -0.1) is 0 Å². The summed E-state index contributed by atoms with van der Waals surface area (Å²) in [5.74, 6) is -1.24. The van der Waals surface area contributed by atoms with Gasteiger partial charge in [-0.1, -0.05) is 24.3 Å². The molecule has 2 aromatic carbocycles. The monoisotopic (exact) mass is 409 g/mol. The lowest BCUT2D eigenvalue weighted by molar-refractivity contribution is 0.0938. The molecular weight excluding hydrogens is 388 g/mol. The van der Waals surface area contributed by atoms with Crippen molar-refractivity contribution in [1.82, 2.24) is 15.6 Å². The van der Waals surface area contributed by atoms with Crippen LogP contribution < -0.4 is 10.6 Å². The van der Waals surface area contributed by atoms with Crippen LogP contribution in [0.3, 0.4) is 0 Å². The smallest absolute Gasteiger partial charge is 0.269 e. The van der Waals surface area contributed by atoms with Gasteiger partial charge in [0, 0.05) is 19.3 Å². The molecule has 0 aliphatic carbocycles. The molecule has 0 unspecified atom stereocenters. The Bertz CT molecular complexity index is 906. The number of aromatic nitrogens is 1. The van der Waals surface area contributed by atoms with Crippen LogP contribution in [-0.4, -0.2) is 29.9 Å². The molecule has 1 aromatic heterocycles. The Hall–Kier alpha value is -3.61. The van der Waals surface area contributed by atoms with E-state index in [1.54, 1.807) is 24.3 Å². The first kappa shape index (κ1) is 21.1. The van der Waals surface area contributed by atoms with Crippen molar-refractivity contribution in [1.29, 1.82) is 0 Å². The maximum Gasteiger partial charge on any atom is 0.269 e. The van der Waals surface area contributed by atoms with Gasteiger partial charge in [0.15, 0.2) is 0 Å². The van der Waals surface area contributed by atoms with Crippen LogP contribution in [0.2, 0.25) is 0 Å². The molecule has 30 heavy (non-hydrogen) atoms. The van der Waals surface area contributed by atoms with Crippen molar-refractivity contribution in [3.05, 3.63) is 101 Å². The van der Waals surface area contributed by atoms with Gasteiger partial charge >= 0.3 is 0 Å². The fourth-order valence-electron chi connectivity index (χ4n) is 2.80. The molecule has 3 aromatic rings. The Morgan fingerprint density at radius 3 is 1.67 bits per heavy atom. The average Bonchev–Trinajstić information content (AvgIpc) is 2.76. The molecule has 0 aliphatic rings. The number of hydrogen-bond donors (Lipinski definition) is 2. The Labute approximate surface area is 173 Å². The fourth-order valence-corrected chi connectivity index (χ4v) is 2.80. The van der Waals surface area contributed by atoms with Crippen LogP contribution in [0, 0.1) is 11.6 Å². The van der Waals surface area contributed by atoms with Gasteiger partial charge in [0.1, 0.15) is 17.3 Å². The van der Waals surface area contributed by atoms with Gasteiger partial charge < -0.3 is 10.6 Å². The molecule has 1 heterocycles. The summed E-state index contributed by atoms with van der Waals surface area (Å²) in [4.78, 5) is 28.4. The number of benzene rings is 2. The number of carbonyl (C=O) groups excluding carboxylic acids is 2. The SMILES string of the molecule is O=C(NCCc1ccc(F)cc1)c1ccc(C(=O)NCCc2ccc(F)cc2)nc1. The average molecular weight is 409 g/mol. The van der Waals surface area contributed by atoms with Crippen LogP contribution in [0.25, 0.3) is 0 Å². The van der Waals surface area contributed by atoms with Crippen molar-refractivity contribution in [2.45, 2.75) is 12.8 Å². The Morgan fingerprint density at radius 1 is 0.700 bits per heavy atom. The van der Waals surface area contributed by atoms with Crippen molar-refractivity contribution >= 4 is 11.8 Å². The van der Waals surface area contributed by atoms with Crippen molar-refractivity contribution < 1.29 is 18.4 Å². The molecule has 5 nitrogen and oxygen atoms in total. The molecule has 0 bridgehead atoms. The van der Waals surface area contributed by atoms with Crippen LogP contribution >= 0.6 is 0 Å². The summed E-state index contributed by atoms with van der Waals surface area (Å²) in [7, 11) is 0. The van der Waals surface area contributed by atoms with Gasteiger partial charge in [-0.3, -0.25) is 14.6 Å². The number of pyridine rings is 1.